The van der Waals surface area contributed by atoms with Crippen molar-refractivity contribution in [1.29, 1.82) is 0 Å². The van der Waals surface area contributed by atoms with E-state index < -0.39 is 18.8 Å². The molecule has 0 aliphatic carbocycles. The zero-order valence-corrected chi connectivity index (χ0v) is 10.2. The summed E-state index contributed by atoms with van der Waals surface area (Å²) in [7, 11) is 1.63. The molecular formula is C11H16F3N3O. The van der Waals surface area contributed by atoms with E-state index in [9.17, 15) is 13.2 Å². The standard InChI is InChI=1S/C11H16F3N3O/c1-7-3-8(10(15)17-4-7)9(16-2)5-18-6-11(12,13)14/h3-4,9,16H,5-6H2,1-2H3,(H2,15,17). The molecule has 0 saturated carbocycles. The predicted molar refractivity (Wildman–Crippen MR) is 62.1 cm³/mol. The third-order valence-electron chi connectivity index (χ3n) is 2.36. The van der Waals surface area contributed by atoms with Gasteiger partial charge in [0.15, 0.2) is 0 Å². The molecule has 1 rings (SSSR count). The highest BCUT2D eigenvalue weighted by atomic mass is 19.4. The van der Waals surface area contributed by atoms with Gasteiger partial charge in [-0.25, -0.2) is 4.98 Å². The van der Waals surface area contributed by atoms with Gasteiger partial charge in [-0.1, -0.05) is 0 Å². The minimum atomic E-state index is -4.32. The van der Waals surface area contributed by atoms with Crippen LogP contribution in [0.3, 0.4) is 0 Å². The van der Waals surface area contributed by atoms with Crippen molar-refractivity contribution in [3.8, 4) is 0 Å². The number of aryl methyl sites for hydroxylation is 1. The normalized spacial score (nSPS) is 13.6. The monoisotopic (exact) mass is 263 g/mol. The molecule has 0 amide bonds. The summed E-state index contributed by atoms with van der Waals surface area (Å²) in [6.45, 7) is 0.439. The molecule has 1 aromatic heterocycles. The molecule has 1 heterocycles. The van der Waals surface area contributed by atoms with Crippen LogP contribution in [0.4, 0.5) is 19.0 Å². The summed E-state index contributed by atoms with van der Waals surface area (Å²) in [6.07, 6.45) is -2.73. The highest BCUT2D eigenvalue weighted by Crippen LogP contribution is 2.21. The Kier molecular flexibility index (Phi) is 4.92. The van der Waals surface area contributed by atoms with E-state index >= 15 is 0 Å². The third-order valence-corrected chi connectivity index (χ3v) is 2.36. The lowest BCUT2D eigenvalue weighted by Crippen LogP contribution is -2.26. The van der Waals surface area contributed by atoms with Gasteiger partial charge < -0.3 is 15.8 Å². The van der Waals surface area contributed by atoms with Crippen LogP contribution in [0.5, 0.6) is 0 Å². The smallest absolute Gasteiger partial charge is 0.383 e. The van der Waals surface area contributed by atoms with E-state index in [0.29, 0.717) is 5.56 Å². The second-order valence-electron chi connectivity index (χ2n) is 3.96. The van der Waals surface area contributed by atoms with Gasteiger partial charge in [0.25, 0.3) is 0 Å². The van der Waals surface area contributed by atoms with Crippen molar-refractivity contribution in [2.45, 2.75) is 19.1 Å². The van der Waals surface area contributed by atoms with E-state index in [4.69, 9.17) is 5.73 Å². The van der Waals surface area contributed by atoms with Crippen LogP contribution in [0.15, 0.2) is 12.3 Å². The van der Waals surface area contributed by atoms with Crippen LogP contribution in [-0.2, 0) is 4.74 Å². The van der Waals surface area contributed by atoms with E-state index in [1.807, 2.05) is 6.92 Å². The van der Waals surface area contributed by atoms with Crippen LogP contribution in [-0.4, -0.2) is 31.4 Å². The van der Waals surface area contributed by atoms with Crippen molar-refractivity contribution >= 4 is 5.82 Å². The number of aromatic nitrogens is 1. The highest BCUT2D eigenvalue weighted by molar-refractivity contribution is 5.43. The first-order chi connectivity index (χ1) is 8.33. The molecule has 0 aliphatic heterocycles. The molecule has 1 aromatic rings. The van der Waals surface area contributed by atoms with Gasteiger partial charge >= 0.3 is 6.18 Å². The topological polar surface area (TPSA) is 60.2 Å². The Balaban J connectivity index is 2.68. The number of nitrogen functional groups attached to an aromatic ring is 1. The molecule has 3 N–H and O–H groups in total. The second-order valence-corrected chi connectivity index (χ2v) is 3.96. The molecule has 102 valence electrons. The number of likely N-dealkylation sites (N-methyl/N-ethyl adjacent to an activating group) is 1. The first kappa shape index (κ1) is 14.7. The van der Waals surface area contributed by atoms with Gasteiger partial charge in [-0.05, 0) is 25.6 Å². The van der Waals surface area contributed by atoms with Crippen LogP contribution in [0.2, 0.25) is 0 Å². The zero-order valence-electron chi connectivity index (χ0n) is 10.2. The van der Waals surface area contributed by atoms with Crippen molar-refractivity contribution in [3.63, 3.8) is 0 Å². The lowest BCUT2D eigenvalue weighted by Gasteiger charge is -2.19. The molecule has 0 saturated heterocycles. The molecule has 0 radical (unpaired) electrons. The minimum Gasteiger partial charge on any atom is -0.383 e. The number of nitrogens with one attached hydrogen (secondary N) is 1. The molecule has 0 fully saturated rings. The molecule has 7 heteroatoms. The number of pyridine rings is 1. The molecular weight excluding hydrogens is 247 g/mol. The second kappa shape index (κ2) is 6.01. The summed E-state index contributed by atoms with van der Waals surface area (Å²) in [6, 6.07) is 1.36. The summed E-state index contributed by atoms with van der Waals surface area (Å²) in [5.74, 6) is 0.288. The van der Waals surface area contributed by atoms with E-state index in [1.54, 1.807) is 19.3 Å². The molecule has 1 atom stereocenters. The fraction of sp³-hybridized carbons (Fsp3) is 0.545. The average molecular weight is 263 g/mol. The number of rotatable bonds is 5. The Morgan fingerprint density at radius 3 is 2.72 bits per heavy atom. The SMILES string of the molecule is CNC(COCC(F)(F)F)c1cc(C)cnc1N. The summed E-state index contributed by atoms with van der Waals surface area (Å²) < 4.78 is 40.5. The van der Waals surface area contributed by atoms with Crippen LogP contribution in [0.25, 0.3) is 0 Å². The Bertz CT molecular complexity index is 396. The fourth-order valence-corrected chi connectivity index (χ4v) is 1.50. The molecule has 0 aromatic carbocycles. The molecule has 0 aliphatic rings. The number of ether oxygens (including phenoxy) is 1. The zero-order chi connectivity index (χ0) is 13.8. The van der Waals surface area contributed by atoms with Crippen molar-refractivity contribution in [1.82, 2.24) is 10.3 Å². The van der Waals surface area contributed by atoms with Crippen molar-refractivity contribution in [2.75, 3.05) is 26.0 Å². The predicted octanol–water partition coefficient (Wildman–Crippen LogP) is 1.81. The Hall–Kier alpha value is -1.34. The maximum atomic E-state index is 12.0. The van der Waals surface area contributed by atoms with Gasteiger partial charge in [-0.3, -0.25) is 0 Å². The molecule has 1 unspecified atom stereocenters. The van der Waals surface area contributed by atoms with E-state index in [0.717, 1.165) is 5.56 Å². The van der Waals surface area contributed by atoms with Crippen molar-refractivity contribution < 1.29 is 17.9 Å². The van der Waals surface area contributed by atoms with Gasteiger partial charge in [0.1, 0.15) is 12.4 Å². The van der Waals surface area contributed by atoms with Crippen LogP contribution >= 0.6 is 0 Å². The Morgan fingerprint density at radius 1 is 1.50 bits per heavy atom. The highest BCUT2D eigenvalue weighted by Gasteiger charge is 2.28. The van der Waals surface area contributed by atoms with Crippen molar-refractivity contribution in [2.24, 2.45) is 0 Å². The molecule has 4 nitrogen and oxygen atoms in total. The fourth-order valence-electron chi connectivity index (χ4n) is 1.50. The first-order valence-corrected chi connectivity index (χ1v) is 5.37. The molecule has 18 heavy (non-hydrogen) atoms. The number of anilines is 1. The van der Waals surface area contributed by atoms with Crippen LogP contribution in [0, 0.1) is 6.92 Å². The van der Waals surface area contributed by atoms with E-state index in [2.05, 4.69) is 15.0 Å². The Morgan fingerprint density at radius 2 is 2.17 bits per heavy atom. The van der Waals surface area contributed by atoms with Gasteiger partial charge in [-0.2, -0.15) is 13.2 Å². The van der Waals surface area contributed by atoms with E-state index in [1.165, 1.54) is 0 Å². The van der Waals surface area contributed by atoms with Gasteiger partial charge in [0.2, 0.25) is 0 Å². The number of hydrogen-bond donors (Lipinski definition) is 2. The summed E-state index contributed by atoms with van der Waals surface area (Å²) >= 11 is 0. The van der Waals surface area contributed by atoms with Gasteiger partial charge in [0, 0.05) is 11.8 Å². The first-order valence-electron chi connectivity index (χ1n) is 5.37. The van der Waals surface area contributed by atoms with Crippen LogP contribution in [0.1, 0.15) is 17.2 Å². The Labute approximate surface area is 103 Å². The summed E-state index contributed by atoms with van der Waals surface area (Å²) in [4.78, 5) is 3.96. The number of alkyl halides is 3. The maximum Gasteiger partial charge on any atom is 0.411 e. The van der Waals surface area contributed by atoms with E-state index in [-0.39, 0.29) is 12.4 Å². The minimum absolute atomic E-state index is 0.120. The quantitative estimate of drug-likeness (QED) is 0.850. The number of halogens is 3. The maximum absolute atomic E-state index is 12.0. The van der Waals surface area contributed by atoms with Gasteiger partial charge in [0.05, 0.1) is 12.6 Å². The molecule has 0 spiro atoms. The molecule has 0 bridgehead atoms. The number of nitrogens with two attached hydrogens (primary N) is 1. The van der Waals surface area contributed by atoms with Gasteiger partial charge in [-0.15, -0.1) is 0 Å². The number of nitrogens with zero attached hydrogens (tertiary/aromatic N) is 1. The summed E-state index contributed by atoms with van der Waals surface area (Å²) in [5, 5.41) is 2.86. The largest absolute Gasteiger partial charge is 0.411 e. The summed E-state index contributed by atoms with van der Waals surface area (Å²) in [5.41, 5.74) is 7.22. The number of hydrogen-bond acceptors (Lipinski definition) is 4. The average Bonchev–Trinajstić information content (AvgIpc) is 2.27. The van der Waals surface area contributed by atoms with Crippen LogP contribution < -0.4 is 11.1 Å². The third kappa shape index (κ3) is 4.50. The van der Waals surface area contributed by atoms with Crippen molar-refractivity contribution in [3.05, 3.63) is 23.4 Å². The lowest BCUT2D eigenvalue weighted by molar-refractivity contribution is -0.175. The lowest BCUT2D eigenvalue weighted by atomic mass is 10.1.